The van der Waals surface area contributed by atoms with Gasteiger partial charge in [-0.05, 0) is 17.5 Å². The fourth-order valence-electron chi connectivity index (χ4n) is 4.08. The molecule has 3 rings (SSSR count). The lowest BCUT2D eigenvalue weighted by Crippen LogP contribution is -2.56. The molecular formula is C25H34O5. The Bertz CT molecular complexity index is 723. The maximum atomic E-state index is 10.1. The van der Waals surface area contributed by atoms with E-state index in [1.807, 2.05) is 48.5 Å². The number of aliphatic hydroxyl groups excluding tert-OH is 1. The second-order valence-electron chi connectivity index (χ2n) is 7.93. The van der Waals surface area contributed by atoms with E-state index in [1.165, 1.54) is 7.11 Å². The Hall–Kier alpha value is -1.76. The quantitative estimate of drug-likeness (QED) is 0.587. The Labute approximate surface area is 179 Å². The van der Waals surface area contributed by atoms with Crippen LogP contribution in [0.2, 0.25) is 0 Å². The molecule has 0 amide bonds. The largest absolute Gasteiger partial charge is 0.372 e. The standard InChI is InChI=1S/C25H34O5/c1-4-21-18(2)24(28-16-19-11-7-5-8-12-19)25(22(30-21)15-23(26)27-3)29-17-20-13-9-6-10-14-20/h5-14,18,21-26H,4,15-17H2,1-3H3/t18-,21+,22-,23?,24-,25-/m0/s1. The third kappa shape index (κ3) is 6.13. The number of hydrogen-bond donors (Lipinski definition) is 1. The Balaban J connectivity index is 1.79. The van der Waals surface area contributed by atoms with Crippen molar-refractivity contribution in [3.63, 3.8) is 0 Å². The molecule has 1 fully saturated rings. The Morgan fingerprint density at radius 2 is 1.40 bits per heavy atom. The molecule has 1 saturated heterocycles. The summed E-state index contributed by atoms with van der Waals surface area (Å²) in [5, 5.41) is 10.1. The summed E-state index contributed by atoms with van der Waals surface area (Å²) in [5.41, 5.74) is 2.22. The maximum absolute atomic E-state index is 10.1. The van der Waals surface area contributed by atoms with Crippen LogP contribution in [0.25, 0.3) is 0 Å². The summed E-state index contributed by atoms with van der Waals surface area (Å²) >= 11 is 0. The van der Waals surface area contributed by atoms with Crippen LogP contribution in [0.5, 0.6) is 0 Å². The highest BCUT2D eigenvalue weighted by Crippen LogP contribution is 2.34. The third-order valence-electron chi connectivity index (χ3n) is 5.82. The average Bonchev–Trinajstić information content (AvgIpc) is 2.79. The summed E-state index contributed by atoms with van der Waals surface area (Å²) < 4.78 is 24.3. The molecule has 164 valence electrons. The molecule has 0 bridgehead atoms. The summed E-state index contributed by atoms with van der Waals surface area (Å²) in [5.74, 6) is 0.162. The van der Waals surface area contributed by atoms with E-state index in [2.05, 4.69) is 26.0 Å². The molecule has 1 unspecified atom stereocenters. The Morgan fingerprint density at radius 3 is 1.90 bits per heavy atom. The van der Waals surface area contributed by atoms with Crippen molar-refractivity contribution in [2.75, 3.05) is 7.11 Å². The van der Waals surface area contributed by atoms with E-state index in [-0.39, 0.29) is 30.3 Å². The van der Waals surface area contributed by atoms with Crippen LogP contribution in [0, 0.1) is 5.92 Å². The molecule has 0 aliphatic carbocycles. The summed E-state index contributed by atoms with van der Waals surface area (Å²) in [6, 6.07) is 20.2. The zero-order valence-electron chi connectivity index (χ0n) is 18.1. The van der Waals surface area contributed by atoms with Gasteiger partial charge in [0.05, 0.1) is 31.5 Å². The second kappa shape index (κ2) is 11.6. The van der Waals surface area contributed by atoms with E-state index in [1.54, 1.807) is 0 Å². The molecule has 0 spiro atoms. The molecule has 5 nitrogen and oxygen atoms in total. The summed E-state index contributed by atoms with van der Waals surface area (Å²) in [6.45, 7) is 5.25. The Kier molecular flexibility index (Phi) is 8.85. The first-order chi connectivity index (χ1) is 14.6. The molecule has 0 aromatic heterocycles. The summed E-state index contributed by atoms with van der Waals surface area (Å²) in [6.07, 6.45) is -0.430. The van der Waals surface area contributed by atoms with Crippen LogP contribution in [0.1, 0.15) is 37.8 Å². The minimum absolute atomic E-state index is 0.0383. The lowest BCUT2D eigenvalue weighted by Gasteiger charge is -2.46. The molecule has 1 aliphatic heterocycles. The van der Waals surface area contributed by atoms with Crippen LogP contribution in [-0.4, -0.2) is 42.9 Å². The Morgan fingerprint density at radius 1 is 0.867 bits per heavy atom. The van der Waals surface area contributed by atoms with Crippen LogP contribution in [0.3, 0.4) is 0 Å². The van der Waals surface area contributed by atoms with E-state index in [4.69, 9.17) is 18.9 Å². The maximum Gasteiger partial charge on any atom is 0.156 e. The van der Waals surface area contributed by atoms with Gasteiger partial charge in [0.15, 0.2) is 6.29 Å². The molecule has 0 radical (unpaired) electrons. The highest BCUT2D eigenvalue weighted by Gasteiger charge is 2.45. The van der Waals surface area contributed by atoms with Crippen molar-refractivity contribution in [2.45, 2.75) is 70.6 Å². The predicted molar refractivity (Wildman–Crippen MR) is 116 cm³/mol. The fraction of sp³-hybridized carbons (Fsp3) is 0.520. The van der Waals surface area contributed by atoms with Crippen molar-refractivity contribution in [1.29, 1.82) is 0 Å². The van der Waals surface area contributed by atoms with E-state index in [9.17, 15) is 5.11 Å². The monoisotopic (exact) mass is 414 g/mol. The van der Waals surface area contributed by atoms with Crippen molar-refractivity contribution in [1.82, 2.24) is 0 Å². The SMILES string of the molecule is CC[C@H]1O[C@@H](CC(O)OC)[C@H](OCc2ccccc2)[C@@H](OCc2ccccc2)[C@H]1C. The van der Waals surface area contributed by atoms with Crippen molar-refractivity contribution in [3.05, 3.63) is 71.8 Å². The van der Waals surface area contributed by atoms with E-state index in [0.29, 0.717) is 19.6 Å². The van der Waals surface area contributed by atoms with Crippen molar-refractivity contribution < 1.29 is 24.1 Å². The van der Waals surface area contributed by atoms with Gasteiger partial charge in [-0.25, -0.2) is 0 Å². The molecule has 1 N–H and O–H groups in total. The average molecular weight is 415 g/mol. The van der Waals surface area contributed by atoms with Gasteiger partial charge in [-0.2, -0.15) is 0 Å². The highest BCUT2D eigenvalue weighted by atomic mass is 16.6. The van der Waals surface area contributed by atoms with Gasteiger partial charge in [-0.3, -0.25) is 0 Å². The minimum atomic E-state index is -0.904. The number of methoxy groups -OCH3 is 1. The summed E-state index contributed by atoms with van der Waals surface area (Å²) in [4.78, 5) is 0. The molecule has 6 atom stereocenters. The minimum Gasteiger partial charge on any atom is -0.372 e. The van der Waals surface area contributed by atoms with E-state index < -0.39 is 6.29 Å². The van der Waals surface area contributed by atoms with Crippen LogP contribution in [0.4, 0.5) is 0 Å². The first kappa shape index (κ1) is 22.9. The lowest BCUT2D eigenvalue weighted by atomic mass is 9.85. The van der Waals surface area contributed by atoms with E-state index >= 15 is 0 Å². The fourth-order valence-corrected chi connectivity index (χ4v) is 4.08. The normalized spacial score (nSPS) is 27.7. The van der Waals surface area contributed by atoms with Gasteiger partial charge in [-0.1, -0.05) is 74.5 Å². The van der Waals surface area contributed by atoms with E-state index in [0.717, 1.165) is 17.5 Å². The van der Waals surface area contributed by atoms with Gasteiger partial charge in [0.25, 0.3) is 0 Å². The van der Waals surface area contributed by atoms with Crippen molar-refractivity contribution >= 4 is 0 Å². The van der Waals surface area contributed by atoms with Crippen molar-refractivity contribution in [2.24, 2.45) is 5.92 Å². The zero-order chi connectivity index (χ0) is 21.3. The highest BCUT2D eigenvalue weighted by molar-refractivity contribution is 5.14. The number of rotatable bonds is 10. The predicted octanol–water partition coefficient (Wildman–Crippen LogP) is 4.33. The molecule has 5 heteroatoms. The van der Waals surface area contributed by atoms with Crippen LogP contribution >= 0.6 is 0 Å². The van der Waals surface area contributed by atoms with Gasteiger partial charge in [0.1, 0.15) is 6.10 Å². The smallest absolute Gasteiger partial charge is 0.156 e. The number of ether oxygens (including phenoxy) is 4. The van der Waals surface area contributed by atoms with Gasteiger partial charge in [0, 0.05) is 19.4 Å². The van der Waals surface area contributed by atoms with Gasteiger partial charge in [-0.15, -0.1) is 0 Å². The summed E-state index contributed by atoms with van der Waals surface area (Å²) in [7, 11) is 1.50. The number of hydrogen-bond acceptors (Lipinski definition) is 5. The van der Waals surface area contributed by atoms with Gasteiger partial charge in [0.2, 0.25) is 0 Å². The van der Waals surface area contributed by atoms with Crippen LogP contribution < -0.4 is 0 Å². The third-order valence-corrected chi connectivity index (χ3v) is 5.82. The van der Waals surface area contributed by atoms with Gasteiger partial charge < -0.3 is 24.1 Å². The molecule has 1 aliphatic rings. The second-order valence-corrected chi connectivity index (χ2v) is 7.93. The van der Waals surface area contributed by atoms with Crippen LogP contribution in [0.15, 0.2) is 60.7 Å². The molecule has 1 heterocycles. The topological polar surface area (TPSA) is 57.2 Å². The molecular weight excluding hydrogens is 380 g/mol. The molecule has 2 aromatic carbocycles. The molecule has 0 saturated carbocycles. The lowest BCUT2D eigenvalue weighted by molar-refractivity contribution is -0.246. The van der Waals surface area contributed by atoms with Crippen molar-refractivity contribution in [3.8, 4) is 0 Å². The first-order valence-corrected chi connectivity index (χ1v) is 10.8. The molecule has 2 aromatic rings. The first-order valence-electron chi connectivity index (χ1n) is 10.8. The van der Waals surface area contributed by atoms with Crippen LogP contribution in [-0.2, 0) is 32.2 Å². The number of benzene rings is 2. The molecule has 30 heavy (non-hydrogen) atoms. The zero-order valence-corrected chi connectivity index (χ0v) is 18.1. The van der Waals surface area contributed by atoms with Gasteiger partial charge >= 0.3 is 0 Å². The number of aliphatic hydroxyl groups is 1.